The minimum absolute atomic E-state index is 0.00423. The van der Waals surface area contributed by atoms with E-state index in [4.69, 9.17) is 5.11 Å². The van der Waals surface area contributed by atoms with Crippen LogP contribution in [0.25, 0.3) is 0 Å². The summed E-state index contributed by atoms with van der Waals surface area (Å²) in [6.45, 7) is 1.01. The van der Waals surface area contributed by atoms with Crippen molar-refractivity contribution < 1.29 is 15.0 Å². The Morgan fingerprint density at radius 1 is 1.56 bits per heavy atom. The Bertz CT molecular complexity index is 316. The normalized spacial score (nSPS) is 12.3. The number of carbonyl (C=O) groups is 1. The molecule has 5 nitrogen and oxygen atoms in total. The first kappa shape index (κ1) is 12.6. The first-order valence-electron chi connectivity index (χ1n) is 5.18. The molecule has 0 spiro atoms. The van der Waals surface area contributed by atoms with Crippen molar-refractivity contribution in [2.24, 2.45) is 0 Å². The Hall–Kier alpha value is -1.46. The van der Waals surface area contributed by atoms with E-state index in [1.165, 1.54) is 0 Å². The second-order valence-corrected chi connectivity index (χ2v) is 3.58. The average molecular weight is 224 g/mol. The second-order valence-electron chi connectivity index (χ2n) is 3.58. The molecule has 1 aromatic rings. The predicted molar refractivity (Wildman–Crippen MR) is 58.8 cm³/mol. The smallest absolute Gasteiger partial charge is 0.303 e. The van der Waals surface area contributed by atoms with Crippen LogP contribution in [0.3, 0.4) is 0 Å². The minimum Gasteiger partial charge on any atom is -0.481 e. The summed E-state index contributed by atoms with van der Waals surface area (Å²) in [4.78, 5) is 14.2. The number of pyridine rings is 1. The van der Waals surface area contributed by atoms with Crippen molar-refractivity contribution >= 4 is 5.97 Å². The van der Waals surface area contributed by atoms with Gasteiger partial charge in [-0.3, -0.25) is 9.78 Å². The highest BCUT2D eigenvalue weighted by molar-refractivity contribution is 5.66. The first-order chi connectivity index (χ1) is 7.68. The topological polar surface area (TPSA) is 82.5 Å². The Balaban J connectivity index is 2.13. The summed E-state index contributed by atoms with van der Waals surface area (Å²) in [5.41, 5.74) is 1.04. The van der Waals surface area contributed by atoms with Crippen molar-refractivity contribution in [2.75, 3.05) is 6.54 Å². The van der Waals surface area contributed by atoms with Crippen LogP contribution in [-0.4, -0.2) is 33.8 Å². The zero-order chi connectivity index (χ0) is 11.8. The van der Waals surface area contributed by atoms with Crippen LogP contribution in [0.5, 0.6) is 0 Å². The molecule has 1 aromatic heterocycles. The quantitative estimate of drug-likeness (QED) is 0.624. The molecule has 0 radical (unpaired) electrons. The summed E-state index contributed by atoms with van der Waals surface area (Å²) < 4.78 is 0. The van der Waals surface area contributed by atoms with Crippen molar-refractivity contribution in [3.05, 3.63) is 30.1 Å². The van der Waals surface area contributed by atoms with E-state index in [9.17, 15) is 9.90 Å². The van der Waals surface area contributed by atoms with Crippen molar-refractivity contribution in [1.82, 2.24) is 10.3 Å². The van der Waals surface area contributed by atoms with Gasteiger partial charge in [-0.15, -0.1) is 0 Å². The van der Waals surface area contributed by atoms with Crippen LogP contribution in [0.2, 0.25) is 0 Å². The van der Waals surface area contributed by atoms with Crippen LogP contribution in [0.1, 0.15) is 18.4 Å². The number of carboxylic acids is 1. The SMILES string of the molecule is O=C(O)CCC(O)CNCc1cccnc1. The van der Waals surface area contributed by atoms with Gasteiger partial charge in [0.2, 0.25) is 0 Å². The Kier molecular flexibility index (Phi) is 5.45. The summed E-state index contributed by atoms with van der Waals surface area (Å²) in [5.74, 6) is -0.883. The van der Waals surface area contributed by atoms with Gasteiger partial charge in [0.15, 0.2) is 0 Å². The monoisotopic (exact) mass is 224 g/mol. The van der Waals surface area contributed by atoms with Gasteiger partial charge in [-0.1, -0.05) is 6.07 Å². The van der Waals surface area contributed by atoms with Gasteiger partial charge in [0.25, 0.3) is 0 Å². The van der Waals surface area contributed by atoms with E-state index in [0.717, 1.165) is 5.56 Å². The number of hydrogen-bond donors (Lipinski definition) is 3. The fourth-order valence-corrected chi connectivity index (χ4v) is 1.28. The number of aliphatic carboxylic acids is 1. The van der Waals surface area contributed by atoms with Crippen molar-refractivity contribution in [1.29, 1.82) is 0 Å². The van der Waals surface area contributed by atoms with Crippen LogP contribution >= 0.6 is 0 Å². The van der Waals surface area contributed by atoms with E-state index in [-0.39, 0.29) is 12.8 Å². The van der Waals surface area contributed by atoms with E-state index < -0.39 is 12.1 Å². The van der Waals surface area contributed by atoms with Gasteiger partial charge in [-0.25, -0.2) is 0 Å². The third-order valence-corrected chi connectivity index (χ3v) is 2.12. The van der Waals surface area contributed by atoms with E-state index in [2.05, 4.69) is 10.3 Å². The molecule has 0 amide bonds. The molecule has 88 valence electrons. The third-order valence-electron chi connectivity index (χ3n) is 2.12. The fraction of sp³-hybridized carbons (Fsp3) is 0.455. The average Bonchev–Trinajstić information content (AvgIpc) is 2.28. The zero-order valence-electron chi connectivity index (χ0n) is 8.97. The molecule has 5 heteroatoms. The number of hydrogen-bond acceptors (Lipinski definition) is 4. The van der Waals surface area contributed by atoms with Crippen LogP contribution < -0.4 is 5.32 Å². The molecule has 0 aliphatic rings. The second kappa shape index (κ2) is 6.92. The third kappa shape index (κ3) is 5.43. The summed E-state index contributed by atoms with van der Waals surface area (Å²) >= 11 is 0. The summed E-state index contributed by atoms with van der Waals surface area (Å²) in [6, 6.07) is 3.78. The zero-order valence-corrected chi connectivity index (χ0v) is 8.97. The van der Waals surface area contributed by atoms with Crippen LogP contribution in [0.4, 0.5) is 0 Å². The molecule has 3 N–H and O–H groups in total. The van der Waals surface area contributed by atoms with Crippen molar-refractivity contribution in [3.63, 3.8) is 0 Å². The molecule has 0 aliphatic carbocycles. The molecular weight excluding hydrogens is 208 g/mol. The van der Waals surface area contributed by atoms with Gasteiger partial charge in [0.05, 0.1) is 6.10 Å². The lowest BCUT2D eigenvalue weighted by Crippen LogP contribution is -2.26. The van der Waals surface area contributed by atoms with Gasteiger partial charge in [-0.2, -0.15) is 0 Å². The number of aromatic nitrogens is 1. The molecule has 1 atom stereocenters. The molecule has 0 aromatic carbocycles. The van der Waals surface area contributed by atoms with Gasteiger partial charge in [0.1, 0.15) is 0 Å². The van der Waals surface area contributed by atoms with E-state index >= 15 is 0 Å². The van der Waals surface area contributed by atoms with Crippen molar-refractivity contribution in [3.8, 4) is 0 Å². The van der Waals surface area contributed by atoms with Crippen LogP contribution in [0, 0.1) is 0 Å². The number of aliphatic hydroxyl groups is 1. The molecule has 16 heavy (non-hydrogen) atoms. The molecule has 0 bridgehead atoms. The maximum Gasteiger partial charge on any atom is 0.303 e. The highest BCUT2D eigenvalue weighted by Gasteiger charge is 2.06. The molecule has 1 unspecified atom stereocenters. The molecule has 0 saturated heterocycles. The van der Waals surface area contributed by atoms with Crippen LogP contribution in [-0.2, 0) is 11.3 Å². The lowest BCUT2D eigenvalue weighted by molar-refractivity contribution is -0.137. The number of nitrogens with zero attached hydrogens (tertiary/aromatic N) is 1. The molecule has 0 fully saturated rings. The standard InChI is InChI=1S/C11H16N2O3/c14-10(3-4-11(15)16)8-13-7-9-2-1-5-12-6-9/h1-2,5-6,10,13-14H,3-4,7-8H2,(H,15,16). The largest absolute Gasteiger partial charge is 0.481 e. The van der Waals surface area contributed by atoms with Crippen LogP contribution in [0.15, 0.2) is 24.5 Å². The van der Waals surface area contributed by atoms with E-state index in [0.29, 0.717) is 13.1 Å². The van der Waals surface area contributed by atoms with Gasteiger partial charge >= 0.3 is 5.97 Å². The van der Waals surface area contributed by atoms with E-state index in [1.807, 2.05) is 12.1 Å². The number of aliphatic hydroxyl groups excluding tert-OH is 1. The van der Waals surface area contributed by atoms with Gasteiger partial charge < -0.3 is 15.5 Å². The highest BCUT2D eigenvalue weighted by atomic mass is 16.4. The maximum absolute atomic E-state index is 10.3. The molecule has 0 aliphatic heterocycles. The summed E-state index contributed by atoms with van der Waals surface area (Å²) in [7, 11) is 0. The highest BCUT2D eigenvalue weighted by Crippen LogP contribution is 1.98. The Morgan fingerprint density at radius 3 is 3.00 bits per heavy atom. The number of nitrogens with one attached hydrogen (secondary N) is 1. The van der Waals surface area contributed by atoms with Gasteiger partial charge in [0, 0.05) is 31.9 Å². The fourth-order valence-electron chi connectivity index (χ4n) is 1.28. The molecule has 0 saturated carbocycles. The lowest BCUT2D eigenvalue weighted by Gasteiger charge is -2.10. The molecule has 1 rings (SSSR count). The van der Waals surface area contributed by atoms with Gasteiger partial charge in [-0.05, 0) is 18.1 Å². The number of rotatable bonds is 7. The maximum atomic E-state index is 10.3. The minimum atomic E-state index is -0.883. The predicted octanol–water partition coefficient (Wildman–Crippen LogP) is 0.397. The van der Waals surface area contributed by atoms with Crippen molar-refractivity contribution in [2.45, 2.75) is 25.5 Å². The number of carboxylic acid groups (broad SMARTS) is 1. The molecular formula is C11H16N2O3. The molecule has 1 heterocycles. The summed E-state index contributed by atoms with van der Waals surface area (Å²) in [5, 5.41) is 20.9. The Morgan fingerprint density at radius 2 is 2.38 bits per heavy atom. The lowest BCUT2D eigenvalue weighted by atomic mass is 10.2. The summed E-state index contributed by atoms with van der Waals surface area (Å²) in [6.07, 6.45) is 3.10. The first-order valence-corrected chi connectivity index (χ1v) is 5.18. The van der Waals surface area contributed by atoms with E-state index in [1.54, 1.807) is 12.4 Å². The Labute approximate surface area is 94.1 Å².